The fourth-order valence-corrected chi connectivity index (χ4v) is 3.73. The fraction of sp³-hybridized carbons (Fsp3) is 0.190. The SMILES string of the molecule is COc1cccc(CNC(=O)c2ccc(CS(=O)c3cccc(C)c3)o2)c1. The predicted molar refractivity (Wildman–Crippen MR) is 104 cm³/mol. The maximum absolute atomic E-state index is 12.5. The quantitative estimate of drug-likeness (QED) is 0.673. The number of ether oxygens (including phenoxy) is 1. The Kier molecular flexibility index (Phi) is 6.08. The molecule has 6 heteroatoms. The van der Waals surface area contributed by atoms with Gasteiger partial charge in [-0.05, 0) is 54.4 Å². The Bertz CT molecular complexity index is 964. The van der Waals surface area contributed by atoms with Crippen molar-refractivity contribution >= 4 is 16.7 Å². The lowest BCUT2D eigenvalue weighted by atomic mass is 10.2. The molecule has 1 amide bonds. The Morgan fingerprint density at radius 1 is 1.11 bits per heavy atom. The van der Waals surface area contributed by atoms with Crippen molar-refractivity contribution in [1.82, 2.24) is 5.32 Å². The molecule has 3 rings (SSSR count). The highest BCUT2D eigenvalue weighted by molar-refractivity contribution is 7.84. The number of carbonyl (C=O) groups excluding carboxylic acids is 1. The first-order valence-corrected chi connectivity index (χ1v) is 9.82. The summed E-state index contributed by atoms with van der Waals surface area (Å²) in [5, 5.41) is 2.81. The molecule has 5 nitrogen and oxygen atoms in total. The van der Waals surface area contributed by atoms with E-state index >= 15 is 0 Å². The van der Waals surface area contributed by atoms with Gasteiger partial charge >= 0.3 is 0 Å². The van der Waals surface area contributed by atoms with Crippen LogP contribution < -0.4 is 10.1 Å². The lowest BCUT2D eigenvalue weighted by molar-refractivity contribution is 0.0921. The molecule has 0 saturated carbocycles. The van der Waals surface area contributed by atoms with E-state index in [1.165, 1.54) is 0 Å². The summed E-state index contributed by atoms with van der Waals surface area (Å²) in [6, 6.07) is 18.3. The van der Waals surface area contributed by atoms with Crippen molar-refractivity contribution in [3.63, 3.8) is 0 Å². The van der Waals surface area contributed by atoms with E-state index in [4.69, 9.17) is 9.15 Å². The van der Waals surface area contributed by atoms with E-state index in [1.54, 1.807) is 19.2 Å². The number of methoxy groups -OCH3 is 1. The van der Waals surface area contributed by atoms with Crippen molar-refractivity contribution in [2.45, 2.75) is 24.1 Å². The molecule has 0 fully saturated rings. The summed E-state index contributed by atoms with van der Waals surface area (Å²) in [4.78, 5) is 13.0. The van der Waals surface area contributed by atoms with Gasteiger partial charge in [0.25, 0.3) is 5.91 Å². The van der Waals surface area contributed by atoms with Crippen molar-refractivity contribution < 1.29 is 18.2 Å². The number of hydrogen-bond acceptors (Lipinski definition) is 4. The highest BCUT2D eigenvalue weighted by Gasteiger charge is 2.14. The van der Waals surface area contributed by atoms with Crippen LogP contribution in [0.4, 0.5) is 0 Å². The standard InChI is InChI=1S/C21H21NO4S/c1-15-5-3-8-19(11-15)27(24)14-18-9-10-20(26-18)21(23)22-13-16-6-4-7-17(12-16)25-2/h3-12H,13-14H2,1-2H3,(H,22,23). The van der Waals surface area contributed by atoms with Crippen LogP contribution in [0.25, 0.3) is 0 Å². The van der Waals surface area contributed by atoms with E-state index in [2.05, 4.69) is 5.32 Å². The summed E-state index contributed by atoms with van der Waals surface area (Å²) in [5.41, 5.74) is 1.98. The molecule has 1 N–H and O–H groups in total. The Morgan fingerprint density at radius 3 is 2.70 bits per heavy atom. The van der Waals surface area contributed by atoms with Gasteiger partial charge in [0.1, 0.15) is 11.5 Å². The molecule has 0 bridgehead atoms. The lowest BCUT2D eigenvalue weighted by Gasteiger charge is -2.06. The van der Waals surface area contributed by atoms with Crippen LogP contribution in [-0.4, -0.2) is 17.2 Å². The molecule has 1 atom stereocenters. The summed E-state index contributed by atoms with van der Waals surface area (Å²) < 4.78 is 23.2. The first kappa shape index (κ1) is 18.9. The Hall–Kier alpha value is -2.86. The van der Waals surface area contributed by atoms with Crippen LogP contribution in [0, 0.1) is 6.92 Å². The molecule has 1 unspecified atom stereocenters. The summed E-state index contributed by atoms with van der Waals surface area (Å²) in [5.74, 6) is 1.37. The van der Waals surface area contributed by atoms with Crippen LogP contribution in [-0.2, 0) is 23.1 Å². The number of furan rings is 1. The van der Waals surface area contributed by atoms with E-state index < -0.39 is 10.8 Å². The molecule has 0 radical (unpaired) electrons. The maximum atomic E-state index is 12.5. The van der Waals surface area contributed by atoms with Crippen molar-refractivity contribution in [2.75, 3.05) is 7.11 Å². The number of carbonyl (C=O) groups is 1. The van der Waals surface area contributed by atoms with Crippen molar-refractivity contribution in [3.05, 3.63) is 83.3 Å². The van der Waals surface area contributed by atoms with Crippen LogP contribution in [0.5, 0.6) is 5.75 Å². The van der Waals surface area contributed by atoms with Gasteiger partial charge in [-0.3, -0.25) is 9.00 Å². The molecular weight excluding hydrogens is 362 g/mol. The number of hydrogen-bond donors (Lipinski definition) is 1. The summed E-state index contributed by atoms with van der Waals surface area (Å²) in [7, 11) is 0.379. The topological polar surface area (TPSA) is 68.5 Å². The normalized spacial score (nSPS) is 11.8. The smallest absolute Gasteiger partial charge is 0.287 e. The van der Waals surface area contributed by atoms with Gasteiger partial charge < -0.3 is 14.5 Å². The third-order valence-electron chi connectivity index (χ3n) is 4.00. The van der Waals surface area contributed by atoms with Gasteiger partial charge in [-0.15, -0.1) is 0 Å². The Labute approximate surface area is 160 Å². The van der Waals surface area contributed by atoms with Crippen LogP contribution in [0.2, 0.25) is 0 Å². The zero-order valence-corrected chi connectivity index (χ0v) is 16.0. The van der Waals surface area contributed by atoms with E-state index in [9.17, 15) is 9.00 Å². The maximum Gasteiger partial charge on any atom is 0.287 e. The van der Waals surface area contributed by atoms with Crippen LogP contribution >= 0.6 is 0 Å². The zero-order valence-electron chi connectivity index (χ0n) is 15.2. The average molecular weight is 383 g/mol. The Morgan fingerprint density at radius 2 is 1.93 bits per heavy atom. The minimum Gasteiger partial charge on any atom is -0.497 e. The highest BCUT2D eigenvalue weighted by atomic mass is 32.2. The second-order valence-corrected chi connectivity index (χ2v) is 7.56. The molecule has 2 aromatic carbocycles. The second-order valence-electron chi connectivity index (χ2n) is 6.11. The minimum absolute atomic E-state index is 0.203. The first-order valence-electron chi connectivity index (χ1n) is 8.50. The molecule has 1 aromatic heterocycles. The van der Waals surface area contributed by atoms with Gasteiger partial charge in [-0.25, -0.2) is 0 Å². The minimum atomic E-state index is -1.22. The molecule has 1 heterocycles. The largest absolute Gasteiger partial charge is 0.497 e. The second kappa shape index (κ2) is 8.68. The van der Waals surface area contributed by atoms with Crippen LogP contribution in [0.15, 0.2) is 70.0 Å². The third-order valence-corrected chi connectivity index (χ3v) is 5.32. The van der Waals surface area contributed by atoms with Gasteiger partial charge in [0.2, 0.25) is 0 Å². The van der Waals surface area contributed by atoms with Crippen LogP contribution in [0.3, 0.4) is 0 Å². The molecule has 27 heavy (non-hydrogen) atoms. The predicted octanol–water partition coefficient (Wildman–Crippen LogP) is 3.83. The van der Waals surface area contributed by atoms with Gasteiger partial charge in [0.15, 0.2) is 5.76 Å². The highest BCUT2D eigenvalue weighted by Crippen LogP contribution is 2.17. The van der Waals surface area contributed by atoms with E-state index in [0.29, 0.717) is 12.3 Å². The molecule has 0 spiro atoms. The van der Waals surface area contributed by atoms with E-state index in [1.807, 2.05) is 55.5 Å². The van der Waals surface area contributed by atoms with Crippen LogP contribution in [0.1, 0.15) is 27.4 Å². The molecule has 3 aromatic rings. The summed E-state index contributed by atoms with van der Waals surface area (Å²) >= 11 is 0. The Balaban J connectivity index is 1.59. The van der Waals surface area contributed by atoms with E-state index in [0.717, 1.165) is 21.8 Å². The van der Waals surface area contributed by atoms with Crippen molar-refractivity contribution in [1.29, 1.82) is 0 Å². The summed E-state index contributed by atoms with van der Waals surface area (Å²) in [6.45, 7) is 2.32. The molecular formula is C21H21NO4S. The lowest BCUT2D eigenvalue weighted by Crippen LogP contribution is -2.22. The molecule has 0 aliphatic rings. The van der Waals surface area contributed by atoms with Gasteiger partial charge in [-0.2, -0.15) is 0 Å². The molecule has 0 aliphatic heterocycles. The van der Waals surface area contributed by atoms with Crippen molar-refractivity contribution in [3.8, 4) is 5.75 Å². The number of benzene rings is 2. The van der Waals surface area contributed by atoms with Gasteiger partial charge in [0, 0.05) is 11.4 Å². The number of aryl methyl sites for hydroxylation is 1. The summed E-state index contributed by atoms with van der Waals surface area (Å²) in [6.07, 6.45) is 0. The van der Waals surface area contributed by atoms with Gasteiger partial charge in [0.05, 0.1) is 23.7 Å². The van der Waals surface area contributed by atoms with E-state index in [-0.39, 0.29) is 17.4 Å². The first-order chi connectivity index (χ1) is 13.0. The molecule has 0 saturated heterocycles. The fourth-order valence-electron chi connectivity index (χ4n) is 2.60. The molecule has 140 valence electrons. The third kappa shape index (κ3) is 5.08. The number of amides is 1. The monoisotopic (exact) mass is 383 g/mol. The zero-order chi connectivity index (χ0) is 19.2. The average Bonchev–Trinajstić information content (AvgIpc) is 3.15. The number of nitrogens with one attached hydrogen (secondary N) is 1. The van der Waals surface area contributed by atoms with Gasteiger partial charge in [-0.1, -0.05) is 24.3 Å². The number of rotatable bonds is 7. The van der Waals surface area contributed by atoms with Crippen molar-refractivity contribution in [2.24, 2.45) is 0 Å². The molecule has 0 aliphatic carbocycles.